The van der Waals surface area contributed by atoms with Crippen molar-refractivity contribution in [1.29, 1.82) is 10.8 Å². The van der Waals surface area contributed by atoms with E-state index in [1.807, 2.05) is 4.90 Å². The van der Waals surface area contributed by atoms with E-state index < -0.39 is 23.6 Å². The van der Waals surface area contributed by atoms with Crippen molar-refractivity contribution in [3.8, 4) is 5.75 Å². The normalized spacial score (nSPS) is 15.9. The molecule has 1 amide bonds. The molecule has 1 fully saturated rings. The molecule has 0 radical (unpaired) electrons. The Morgan fingerprint density at radius 1 is 1.06 bits per heavy atom. The lowest BCUT2D eigenvalue weighted by Crippen LogP contribution is -2.45. The molecule has 188 valence electrons. The number of anilines is 1. The van der Waals surface area contributed by atoms with Crippen LogP contribution >= 0.6 is 0 Å². The number of alkyl halides is 3. The second-order valence-electron chi connectivity index (χ2n) is 8.35. The number of hydrogen-bond acceptors (Lipinski definition) is 6. The van der Waals surface area contributed by atoms with Crippen LogP contribution in [0.1, 0.15) is 29.5 Å². The third kappa shape index (κ3) is 7.37. The quantitative estimate of drug-likeness (QED) is 0.435. The van der Waals surface area contributed by atoms with E-state index in [0.29, 0.717) is 18.8 Å². The number of amides is 1. The summed E-state index contributed by atoms with van der Waals surface area (Å²) in [6, 6.07) is 10.5. The predicted molar refractivity (Wildman–Crippen MR) is 130 cm³/mol. The SMILES string of the molecule is CCN1CCN(Cc2ccc(NC(=O)COc3ccc(C(C=N)C=N)cc3)cc2C(F)(F)F)CC1. The molecule has 10 heteroatoms. The maximum Gasteiger partial charge on any atom is 0.416 e. The van der Waals surface area contributed by atoms with E-state index in [1.165, 1.54) is 12.1 Å². The lowest BCUT2D eigenvalue weighted by atomic mass is 10.0. The van der Waals surface area contributed by atoms with Crippen LogP contribution in [-0.4, -0.2) is 67.5 Å². The van der Waals surface area contributed by atoms with Crippen LogP contribution in [0.2, 0.25) is 0 Å². The van der Waals surface area contributed by atoms with Crippen LogP contribution < -0.4 is 10.1 Å². The largest absolute Gasteiger partial charge is 0.484 e. The van der Waals surface area contributed by atoms with Gasteiger partial charge in [0.15, 0.2) is 6.61 Å². The smallest absolute Gasteiger partial charge is 0.416 e. The fraction of sp³-hybridized carbons (Fsp3) is 0.400. The van der Waals surface area contributed by atoms with Gasteiger partial charge in [0.25, 0.3) is 5.91 Å². The maximum atomic E-state index is 13.8. The molecule has 3 rings (SSSR count). The van der Waals surface area contributed by atoms with Crippen molar-refractivity contribution in [2.45, 2.75) is 25.6 Å². The number of hydrogen-bond donors (Lipinski definition) is 3. The molecular formula is C25H30F3N5O2. The van der Waals surface area contributed by atoms with Crippen molar-refractivity contribution in [1.82, 2.24) is 9.80 Å². The van der Waals surface area contributed by atoms with E-state index in [-0.39, 0.29) is 24.4 Å². The Balaban J connectivity index is 1.60. The van der Waals surface area contributed by atoms with Gasteiger partial charge in [-0.2, -0.15) is 13.2 Å². The predicted octanol–water partition coefficient (Wildman–Crippen LogP) is 4.24. The maximum absolute atomic E-state index is 13.8. The highest BCUT2D eigenvalue weighted by molar-refractivity contribution is 5.92. The Morgan fingerprint density at radius 2 is 1.69 bits per heavy atom. The van der Waals surface area contributed by atoms with E-state index in [1.54, 1.807) is 24.3 Å². The van der Waals surface area contributed by atoms with Gasteiger partial charge in [-0.05, 0) is 41.9 Å². The fourth-order valence-corrected chi connectivity index (χ4v) is 3.93. The molecule has 1 aliphatic rings. The summed E-state index contributed by atoms with van der Waals surface area (Å²) in [5.74, 6) is -0.617. The number of nitrogens with one attached hydrogen (secondary N) is 3. The molecule has 7 nitrogen and oxygen atoms in total. The molecule has 2 aromatic carbocycles. The molecule has 1 heterocycles. The Morgan fingerprint density at radius 3 is 2.26 bits per heavy atom. The third-order valence-electron chi connectivity index (χ3n) is 6.00. The van der Waals surface area contributed by atoms with Gasteiger partial charge in [-0.25, -0.2) is 0 Å². The van der Waals surface area contributed by atoms with Crippen molar-refractivity contribution in [2.24, 2.45) is 0 Å². The highest BCUT2D eigenvalue weighted by atomic mass is 19.4. The van der Waals surface area contributed by atoms with Crippen molar-refractivity contribution < 1.29 is 22.7 Å². The number of ether oxygens (including phenoxy) is 1. The van der Waals surface area contributed by atoms with E-state index in [4.69, 9.17) is 15.6 Å². The van der Waals surface area contributed by atoms with E-state index in [0.717, 1.165) is 43.7 Å². The number of halogens is 3. The molecule has 2 aromatic rings. The molecule has 0 bridgehead atoms. The third-order valence-corrected chi connectivity index (χ3v) is 6.00. The summed E-state index contributed by atoms with van der Waals surface area (Å²) in [5.41, 5.74) is 0.223. The second-order valence-corrected chi connectivity index (χ2v) is 8.35. The lowest BCUT2D eigenvalue weighted by Gasteiger charge is -2.34. The average Bonchev–Trinajstić information content (AvgIpc) is 2.85. The Bertz CT molecular complexity index is 1010. The summed E-state index contributed by atoms with van der Waals surface area (Å²) in [7, 11) is 0. The number of carbonyl (C=O) groups is 1. The van der Waals surface area contributed by atoms with Gasteiger partial charge < -0.3 is 25.8 Å². The van der Waals surface area contributed by atoms with Crippen molar-refractivity contribution in [3.05, 3.63) is 59.2 Å². The second kappa shape index (κ2) is 11.9. The van der Waals surface area contributed by atoms with Gasteiger partial charge in [0.05, 0.1) is 11.5 Å². The number of likely N-dealkylation sites (N-methyl/N-ethyl adjacent to an activating group) is 1. The molecule has 3 N–H and O–H groups in total. The zero-order chi connectivity index (χ0) is 25.4. The van der Waals surface area contributed by atoms with Crippen LogP contribution in [-0.2, 0) is 17.5 Å². The van der Waals surface area contributed by atoms with Gasteiger partial charge in [0, 0.05) is 50.8 Å². The molecule has 0 aliphatic carbocycles. The first-order chi connectivity index (χ1) is 16.7. The van der Waals surface area contributed by atoms with E-state index in [2.05, 4.69) is 17.1 Å². The zero-order valence-electron chi connectivity index (χ0n) is 19.6. The molecule has 0 atom stereocenters. The highest BCUT2D eigenvalue weighted by Crippen LogP contribution is 2.34. The van der Waals surface area contributed by atoms with Crippen LogP contribution in [0.5, 0.6) is 5.75 Å². The minimum atomic E-state index is -4.54. The van der Waals surface area contributed by atoms with Crippen LogP contribution in [0, 0.1) is 10.8 Å². The van der Waals surface area contributed by atoms with Gasteiger partial charge in [0.1, 0.15) is 5.75 Å². The summed E-state index contributed by atoms with van der Waals surface area (Å²) >= 11 is 0. The molecule has 0 saturated carbocycles. The summed E-state index contributed by atoms with van der Waals surface area (Å²) in [4.78, 5) is 16.6. The molecule has 0 unspecified atom stereocenters. The van der Waals surface area contributed by atoms with Gasteiger partial charge in [-0.15, -0.1) is 0 Å². The standard InChI is InChI=1S/C25H30F3N5O2/c1-2-32-9-11-33(12-10-32)16-19-3-6-21(13-23(19)25(26,27)28)31-24(34)17-35-22-7-4-18(5-8-22)20(14-29)15-30/h3-8,13-15,20,29-30H,2,9-12,16-17H2,1H3,(H,31,34). The van der Waals surface area contributed by atoms with Gasteiger partial charge in [0.2, 0.25) is 0 Å². The molecule has 0 aromatic heterocycles. The molecule has 35 heavy (non-hydrogen) atoms. The van der Waals surface area contributed by atoms with Gasteiger partial charge >= 0.3 is 6.18 Å². The van der Waals surface area contributed by atoms with Crippen LogP contribution in [0.15, 0.2) is 42.5 Å². The first kappa shape index (κ1) is 26.4. The monoisotopic (exact) mass is 489 g/mol. The fourth-order valence-electron chi connectivity index (χ4n) is 3.93. The van der Waals surface area contributed by atoms with Crippen molar-refractivity contribution >= 4 is 24.0 Å². The van der Waals surface area contributed by atoms with Crippen LogP contribution in [0.4, 0.5) is 18.9 Å². The molecule has 0 spiro atoms. The number of benzene rings is 2. The highest BCUT2D eigenvalue weighted by Gasteiger charge is 2.34. The lowest BCUT2D eigenvalue weighted by molar-refractivity contribution is -0.138. The Hall–Kier alpha value is -3.24. The van der Waals surface area contributed by atoms with Crippen LogP contribution in [0.3, 0.4) is 0 Å². The van der Waals surface area contributed by atoms with E-state index >= 15 is 0 Å². The summed E-state index contributed by atoms with van der Waals surface area (Å²) in [6.07, 6.45) is -2.25. The summed E-state index contributed by atoms with van der Waals surface area (Å²) < 4.78 is 46.7. The number of carbonyl (C=O) groups excluding carboxylic acids is 1. The number of rotatable bonds is 10. The minimum absolute atomic E-state index is 0.0561. The average molecular weight is 490 g/mol. The van der Waals surface area contributed by atoms with E-state index in [9.17, 15) is 18.0 Å². The number of piperazine rings is 1. The zero-order valence-corrected chi connectivity index (χ0v) is 19.6. The molecule has 1 saturated heterocycles. The van der Waals surface area contributed by atoms with Gasteiger partial charge in [-0.3, -0.25) is 9.69 Å². The Kier molecular flexibility index (Phi) is 9.00. The van der Waals surface area contributed by atoms with Gasteiger partial charge in [-0.1, -0.05) is 25.1 Å². The minimum Gasteiger partial charge on any atom is -0.484 e. The molecule has 1 aliphatic heterocycles. The number of nitrogens with zero attached hydrogens (tertiary/aromatic N) is 2. The van der Waals surface area contributed by atoms with Crippen molar-refractivity contribution in [2.75, 3.05) is 44.6 Å². The summed E-state index contributed by atoms with van der Waals surface area (Å²) in [6.45, 7) is 5.93. The topological polar surface area (TPSA) is 92.5 Å². The summed E-state index contributed by atoms with van der Waals surface area (Å²) in [5, 5.41) is 17.1. The Labute approximate surface area is 202 Å². The van der Waals surface area contributed by atoms with Crippen molar-refractivity contribution in [3.63, 3.8) is 0 Å². The van der Waals surface area contributed by atoms with Crippen LogP contribution in [0.25, 0.3) is 0 Å². The first-order valence-corrected chi connectivity index (χ1v) is 11.4. The first-order valence-electron chi connectivity index (χ1n) is 11.4. The molecular weight excluding hydrogens is 459 g/mol.